The maximum atomic E-state index is 4.52. The van der Waals surface area contributed by atoms with Crippen molar-refractivity contribution in [2.75, 3.05) is 39.8 Å². The van der Waals surface area contributed by atoms with Gasteiger partial charge in [0.2, 0.25) is 0 Å². The van der Waals surface area contributed by atoms with Crippen LogP contribution in [-0.4, -0.2) is 61.6 Å². The Kier molecular flexibility index (Phi) is 5.91. The number of guanidine groups is 1. The van der Waals surface area contributed by atoms with Crippen molar-refractivity contribution in [1.29, 1.82) is 0 Å². The molecule has 1 aliphatic heterocycles. The Bertz CT molecular complexity index is 343. The molecule has 0 aromatic carbocycles. The van der Waals surface area contributed by atoms with E-state index < -0.39 is 0 Å². The van der Waals surface area contributed by atoms with Gasteiger partial charge in [0, 0.05) is 32.7 Å². The van der Waals surface area contributed by atoms with Gasteiger partial charge in [-0.15, -0.1) is 0 Å². The fourth-order valence-electron chi connectivity index (χ4n) is 4.00. The molecular weight excluding hydrogens is 260 g/mol. The predicted molar refractivity (Wildman–Crippen MR) is 90.8 cm³/mol. The van der Waals surface area contributed by atoms with Gasteiger partial charge in [0.25, 0.3) is 0 Å². The molecule has 0 radical (unpaired) electrons. The van der Waals surface area contributed by atoms with Gasteiger partial charge in [-0.2, -0.15) is 0 Å². The lowest BCUT2D eigenvalue weighted by molar-refractivity contribution is 0.223. The lowest BCUT2D eigenvalue weighted by Crippen LogP contribution is -2.45. The highest BCUT2D eigenvalue weighted by atomic mass is 15.3. The number of nitrogens with zero attached hydrogens (tertiary/aromatic N) is 3. The van der Waals surface area contributed by atoms with Crippen LogP contribution in [0.25, 0.3) is 0 Å². The molecule has 0 amide bonds. The smallest absolute Gasteiger partial charge is 0.193 e. The van der Waals surface area contributed by atoms with Crippen molar-refractivity contribution in [3.8, 4) is 0 Å². The minimum Gasteiger partial charge on any atom is -0.356 e. The van der Waals surface area contributed by atoms with Crippen molar-refractivity contribution in [2.45, 2.75) is 58.9 Å². The van der Waals surface area contributed by atoms with Crippen molar-refractivity contribution >= 4 is 5.96 Å². The van der Waals surface area contributed by atoms with Crippen LogP contribution in [0.2, 0.25) is 0 Å². The second kappa shape index (κ2) is 7.48. The summed E-state index contributed by atoms with van der Waals surface area (Å²) in [4.78, 5) is 9.54. The molecule has 0 aromatic rings. The summed E-state index contributed by atoms with van der Waals surface area (Å²) in [5, 5.41) is 3.65. The molecule has 2 aliphatic rings. The molecule has 1 N–H and O–H groups in total. The lowest BCUT2D eigenvalue weighted by Gasteiger charge is -2.29. The van der Waals surface area contributed by atoms with E-state index in [2.05, 4.69) is 40.9 Å². The minimum atomic E-state index is 0.480. The highest BCUT2D eigenvalue weighted by molar-refractivity contribution is 5.80. The summed E-state index contributed by atoms with van der Waals surface area (Å²) >= 11 is 0. The standard InChI is InChI=1S/C17H34N4/c1-5-20(6-2)15-9-12-21(13-15)16(18-4)19-14-17(3)10-7-8-11-17/h15H,5-14H2,1-4H3,(H,18,19). The molecular formula is C17H34N4. The van der Waals surface area contributed by atoms with Crippen LogP contribution in [0.4, 0.5) is 0 Å². The van der Waals surface area contributed by atoms with Crippen LogP contribution in [0, 0.1) is 5.41 Å². The maximum Gasteiger partial charge on any atom is 0.193 e. The third kappa shape index (κ3) is 4.12. The van der Waals surface area contributed by atoms with Gasteiger partial charge in [-0.3, -0.25) is 9.89 Å². The van der Waals surface area contributed by atoms with Gasteiger partial charge in [-0.1, -0.05) is 33.6 Å². The number of hydrogen-bond acceptors (Lipinski definition) is 2. The van der Waals surface area contributed by atoms with Crippen molar-refractivity contribution in [2.24, 2.45) is 10.4 Å². The summed E-state index contributed by atoms with van der Waals surface area (Å²) in [5.74, 6) is 1.11. The van der Waals surface area contributed by atoms with E-state index in [1.807, 2.05) is 7.05 Å². The molecule has 1 heterocycles. The van der Waals surface area contributed by atoms with Crippen molar-refractivity contribution in [3.63, 3.8) is 0 Å². The zero-order valence-corrected chi connectivity index (χ0v) is 14.5. The highest BCUT2D eigenvalue weighted by Gasteiger charge is 2.31. The number of hydrogen-bond donors (Lipinski definition) is 1. The van der Waals surface area contributed by atoms with Crippen molar-refractivity contribution in [3.05, 3.63) is 0 Å². The minimum absolute atomic E-state index is 0.480. The summed E-state index contributed by atoms with van der Waals surface area (Å²) in [6, 6.07) is 0.695. The van der Waals surface area contributed by atoms with E-state index in [4.69, 9.17) is 0 Å². The number of rotatable bonds is 5. The number of likely N-dealkylation sites (tertiary alicyclic amines) is 1. The molecule has 21 heavy (non-hydrogen) atoms. The molecule has 0 bridgehead atoms. The fraction of sp³-hybridized carbons (Fsp3) is 0.941. The maximum absolute atomic E-state index is 4.52. The molecule has 122 valence electrons. The quantitative estimate of drug-likeness (QED) is 0.624. The second-order valence-corrected chi connectivity index (χ2v) is 7.03. The van der Waals surface area contributed by atoms with Gasteiger partial charge in [-0.25, -0.2) is 0 Å². The molecule has 2 rings (SSSR count). The third-order valence-corrected chi connectivity index (χ3v) is 5.49. The summed E-state index contributed by atoms with van der Waals surface area (Å²) in [5.41, 5.74) is 0.480. The van der Waals surface area contributed by atoms with E-state index in [1.54, 1.807) is 0 Å². The number of aliphatic imine (C=N–C) groups is 1. The third-order valence-electron chi connectivity index (χ3n) is 5.49. The van der Waals surface area contributed by atoms with E-state index >= 15 is 0 Å². The lowest BCUT2D eigenvalue weighted by atomic mass is 9.89. The van der Waals surface area contributed by atoms with Gasteiger partial charge in [-0.05, 0) is 37.8 Å². The Hall–Kier alpha value is -0.770. The van der Waals surface area contributed by atoms with Crippen LogP contribution >= 0.6 is 0 Å². The van der Waals surface area contributed by atoms with E-state index in [0.717, 1.165) is 38.7 Å². The van der Waals surface area contributed by atoms with Crippen LogP contribution < -0.4 is 5.32 Å². The Morgan fingerprint density at radius 1 is 1.29 bits per heavy atom. The Morgan fingerprint density at radius 2 is 1.95 bits per heavy atom. The molecule has 1 atom stereocenters. The first-order valence-electron chi connectivity index (χ1n) is 8.81. The molecule has 1 saturated heterocycles. The van der Waals surface area contributed by atoms with Gasteiger partial charge in [0.05, 0.1) is 0 Å². The van der Waals surface area contributed by atoms with Crippen molar-refractivity contribution < 1.29 is 0 Å². The van der Waals surface area contributed by atoms with E-state index in [1.165, 1.54) is 32.1 Å². The zero-order chi connectivity index (χ0) is 15.3. The van der Waals surface area contributed by atoms with E-state index in [0.29, 0.717) is 11.5 Å². The summed E-state index contributed by atoms with van der Waals surface area (Å²) < 4.78 is 0. The molecule has 4 heteroatoms. The molecule has 1 saturated carbocycles. The molecule has 1 unspecified atom stereocenters. The molecule has 1 aliphatic carbocycles. The topological polar surface area (TPSA) is 30.9 Å². The summed E-state index contributed by atoms with van der Waals surface area (Å²) in [6.45, 7) is 12.6. The van der Waals surface area contributed by atoms with Crippen LogP contribution in [0.15, 0.2) is 4.99 Å². The first-order chi connectivity index (χ1) is 10.1. The van der Waals surface area contributed by atoms with Gasteiger partial charge < -0.3 is 10.2 Å². The molecule has 2 fully saturated rings. The second-order valence-electron chi connectivity index (χ2n) is 7.03. The number of likely N-dealkylation sites (N-methyl/N-ethyl adjacent to an activating group) is 1. The fourth-order valence-corrected chi connectivity index (χ4v) is 4.00. The Morgan fingerprint density at radius 3 is 2.52 bits per heavy atom. The Balaban J connectivity index is 1.85. The van der Waals surface area contributed by atoms with Crippen LogP contribution in [-0.2, 0) is 0 Å². The van der Waals surface area contributed by atoms with Gasteiger partial charge >= 0.3 is 0 Å². The largest absolute Gasteiger partial charge is 0.356 e. The predicted octanol–water partition coefficient (Wildman–Crippen LogP) is 2.56. The van der Waals surface area contributed by atoms with E-state index in [-0.39, 0.29) is 0 Å². The van der Waals surface area contributed by atoms with E-state index in [9.17, 15) is 0 Å². The first kappa shape index (κ1) is 16.6. The monoisotopic (exact) mass is 294 g/mol. The van der Waals surface area contributed by atoms with Crippen LogP contribution in [0.3, 0.4) is 0 Å². The SMILES string of the molecule is CCN(CC)C1CCN(C(=NC)NCC2(C)CCCC2)C1. The van der Waals surface area contributed by atoms with Crippen LogP contribution in [0.5, 0.6) is 0 Å². The number of nitrogens with one attached hydrogen (secondary N) is 1. The van der Waals surface area contributed by atoms with Gasteiger partial charge in [0.1, 0.15) is 0 Å². The first-order valence-corrected chi connectivity index (χ1v) is 8.81. The molecule has 4 nitrogen and oxygen atoms in total. The van der Waals surface area contributed by atoms with Crippen molar-refractivity contribution in [1.82, 2.24) is 15.1 Å². The molecule has 0 spiro atoms. The van der Waals surface area contributed by atoms with Gasteiger partial charge in [0.15, 0.2) is 5.96 Å². The Labute approximate surface area is 131 Å². The molecule has 0 aromatic heterocycles. The highest BCUT2D eigenvalue weighted by Crippen LogP contribution is 2.36. The summed E-state index contributed by atoms with van der Waals surface area (Å²) in [6.07, 6.45) is 6.77. The zero-order valence-electron chi connectivity index (χ0n) is 14.5. The van der Waals surface area contributed by atoms with Crippen LogP contribution in [0.1, 0.15) is 52.9 Å². The average Bonchev–Trinajstić information content (AvgIpc) is 3.12. The summed E-state index contributed by atoms with van der Waals surface area (Å²) in [7, 11) is 1.92. The average molecular weight is 294 g/mol. The normalized spacial score (nSPS) is 25.9.